The molecule has 2 amide bonds. The van der Waals surface area contributed by atoms with Gasteiger partial charge in [-0.3, -0.25) is 19.8 Å². The average Bonchev–Trinajstić information content (AvgIpc) is 3.14. The molecule has 2 N–H and O–H groups in total. The second-order valence-electron chi connectivity index (χ2n) is 5.77. The number of rotatable bonds is 4. The maximum Gasteiger partial charge on any atom is 0.244 e. The van der Waals surface area contributed by atoms with Gasteiger partial charge in [-0.2, -0.15) is 0 Å². The molecular weight excluding hydrogens is 230 g/mol. The van der Waals surface area contributed by atoms with E-state index in [1.54, 1.807) is 0 Å². The molecule has 2 saturated heterocycles. The minimum absolute atomic E-state index is 0.0873. The van der Waals surface area contributed by atoms with Gasteiger partial charge in [0.1, 0.15) is 0 Å². The van der Waals surface area contributed by atoms with Gasteiger partial charge in [-0.1, -0.05) is 0 Å². The highest BCUT2D eigenvalue weighted by molar-refractivity contribution is 6.05. The number of nitrogens with one attached hydrogen (secondary N) is 2. The SMILES string of the molecule is O=C1CC(N(CC2CCCNC2)C2CC2)C(=O)N1. The van der Waals surface area contributed by atoms with E-state index >= 15 is 0 Å². The Morgan fingerprint density at radius 1 is 1.22 bits per heavy atom. The van der Waals surface area contributed by atoms with Gasteiger partial charge in [0.15, 0.2) is 0 Å². The molecule has 0 bridgehead atoms. The predicted molar refractivity (Wildman–Crippen MR) is 66.9 cm³/mol. The Labute approximate surface area is 107 Å². The molecule has 0 aromatic heterocycles. The second kappa shape index (κ2) is 4.97. The monoisotopic (exact) mass is 251 g/mol. The molecular formula is C13H21N3O2. The van der Waals surface area contributed by atoms with E-state index in [2.05, 4.69) is 15.5 Å². The fraction of sp³-hybridized carbons (Fsp3) is 0.846. The second-order valence-corrected chi connectivity index (χ2v) is 5.77. The zero-order chi connectivity index (χ0) is 12.5. The first-order valence-corrected chi connectivity index (χ1v) is 7.04. The molecule has 18 heavy (non-hydrogen) atoms. The van der Waals surface area contributed by atoms with Crippen LogP contribution in [0.2, 0.25) is 0 Å². The molecule has 0 radical (unpaired) electrons. The van der Waals surface area contributed by atoms with Crippen LogP contribution in [0, 0.1) is 5.92 Å². The summed E-state index contributed by atoms with van der Waals surface area (Å²) in [6, 6.07) is 0.334. The third kappa shape index (κ3) is 2.57. The summed E-state index contributed by atoms with van der Waals surface area (Å²) in [5.74, 6) is 0.427. The van der Waals surface area contributed by atoms with E-state index in [4.69, 9.17) is 0 Å². The van der Waals surface area contributed by atoms with Gasteiger partial charge in [-0.05, 0) is 44.7 Å². The number of amides is 2. The van der Waals surface area contributed by atoms with E-state index in [0.717, 1.165) is 19.6 Å². The van der Waals surface area contributed by atoms with Gasteiger partial charge >= 0.3 is 0 Å². The van der Waals surface area contributed by atoms with Crippen molar-refractivity contribution in [1.82, 2.24) is 15.5 Å². The summed E-state index contributed by atoms with van der Waals surface area (Å²) < 4.78 is 0. The molecule has 2 atom stereocenters. The summed E-state index contributed by atoms with van der Waals surface area (Å²) in [4.78, 5) is 25.4. The molecule has 2 unspecified atom stereocenters. The molecule has 0 spiro atoms. The largest absolute Gasteiger partial charge is 0.316 e. The van der Waals surface area contributed by atoms with Crippen molar-refractivity contribution in [3.63, 3.8) is 0 Å². The molecule has 0 aromatic rings. The van der Waals surface area contributed by atoms with Crippen LogP contribution in [-0.4, -0.2) is 48.4 Å². The normalized spacial score (nSPS) is 32.9. The van der Waals surface area contributed by atoms with Crippen molar-refractivity contribution in [2.45, 2.75) is 44.2 Å². The first-order chi connectivity index (χ1) is 8.74. The number of nitrogens with zero attached hydrogens (tertiary/aromatic N) is 1. The lowest BCUT2D eigenvalue weighted by Gasteiger charge is -2.32. The van der Waals surface area contributed by atoms with Crippen molar-refractivity contribution < 1.29 is 9.59 Å². The molecule has 2 aliphatic heterocycles. The average molecular weight is 251 g/mol. The van der Waals surface area contributed by atoms with Gasteiger partial charge in [-0.15, -0.1) is 0 Å². The van der Waals surface area contributed by atoms with Crippen molar-refractivity contribution >= 4 is 11.8 Å². The third-order valence-corrected chi connectivity index (χ3v) is 4.23. The van der Waals surface area contributed by atoms with Gasteiger partial charge in [0.05, 0.1) is 12.5 Å². The zero-order valence-electron chi connectivity index (χ0n) is 10.7. The first kappa shape index (κ1) is 12.1. The highest BCUT2D eigenvalue weighted by Gasteiger charge is 2.42. The highest BCUT2D eigenvalue weighted by atomic mass is 16.2. The van der Waals surface area contributed by atoms with Crippen molar-refractivity contribution in [1.29, 1.82) is 0 Å². The molecule has 1 aliphatic carbocycles. The van der Waals surface area contributed by atoms with Crippen LogP contribution in [0.1, 0.15) is 32.1 Å². The third-order valence-electron chi connectivity index (χ3n) is 4.23. The Hall–Kier alpha value is -0.940. The smallest absolute Gasteiger partial charge is 0.244 e. The Bertz CT molecular complexity index is 348. The van der Waals surface area contributed by atoms with Gasteiger partial charge in [0, 0.05) is 12.6 Å². The van der Waals surface area contributed by atoms with Crippen LogP contribution in [0.4, 0.5) is 0 Å². The Balaban J connectivity index is 1.64. The molecule has 1 saturated carbocycles. The summed E-state index contributed by atoms with van der Waals surface area (Å²) in [6.07, 6.45) is 5.17. The van der Waals surface area contributed by atoms with E-state index in [1.165, 1.54) is 25.7 Å². The van der Waals surface area contributed by atoms with Crippen molar-refractivity contribution in [2.24, 2.45) is 5.92 Å². The topological polar surface area (TPSA) is 61.4 Å². The lowest BCUT2D eigenvalue weighted by Crippen LogP contribution is -2.47. The number of piperidine rings is 1. The Morgan fingerprint density at radius 3 is 2.61 bits per heavy atom. The van der Waals surface area contributed by atoms with Crippen LogP contribution < -0.4 is 10.6 Å². The van der Waals surface area contributed by atoms with Crippen LogP contribution in [0.3, 0.4) is 0 Å². The molecule has 5 heteroatoms. The number of carbonyl (C=O) groups is 2. The summed E-state index contributed by atoms with van der Waals surface area (Å²) in [5.41, 5.74) is 0. The number of hydrogen-bond donors (Lipinski definition) is 2. The van der Waals surface area contributed by atoms with E-state index in [0.29, 0.717) is 18.4 Å². The Kier molecular flexibility index (Phi) is 3.35. The molecule has 100 valence electrons. The highest BCUT2D eigenvalue weighted by Crippen LogP contribution is 2.32. The van der Waals surface area contributed by atoms with Gasteiger partial charge in [0.2, 0.25) is 11.8 Å². The molecule has 3 aliphatic rings. The summed E-state index contributed by atoms with van der Waals surface area (Å²) >= 11 is 0. The lowest BCUT2D eigenvalue weighted by molar-refractivity contribution is -0.126. The van der Waals surface area contributed by atoms with E-state index in [9.17, 15) is 9.59 Å². The summed E-state index contributed by atoms with van der Waals surface area (Å²) in [7, 11) is 0. The minimum Gasteiger partial charge on any atom is -0.316 e. The predicted octanol–water partition coefficient (Wildman–Crippen LogP) is -0.134. The summed E-state index contributed by atoms with van der Waals surface area (Å²) in [6.45, 7) is 3.12. The van der Waals surface area contributed by atoms with Crippen molar-refractivity contribution in [3.05, 3.63) is 0 Å². The lowest BCUT2D eigenvalue weighted by atomic mass is 9.98. The quantitative estimate of drug-likeness (QED) is 0.683. The molecule has 0 aromatic carbocycles. The molecule has 5 nitrogen and oxygen atoms in total. The van der Waals surface area contributed by atoms with E-state index < -0.39 is 0 Å². The zero-order valence-corrected chi connectivity index (χ0v) is 10.7. The van der Waals surface area contributed by atoms with Crippen LogP contribution in [0.25, 0.3) is 0 Å². The summed E-state index contributed by atoms with van der Waals surface area (Å²) in [5, 5.41) is 5.85. The van der Waals surface area contributed by atoms with Gasteiger partial charge < -0.3 is 5.32 Å². The maximum atomic E-state index is 11.8. The van der Waals surface area contributed by atoms with E-state index in [-0.39, 0.29) is 17.9 Å². The fourth-order valence-corrected chi connectivity index (χ4v) is 3.12. The van der Waals surface area contributed by atoms with Gasteiger partial charge in [0.25, 0.3) is 0 Å². The molecule has 3 fully saturated rings. The first-order valence-electron chi connectivity index (χ1n) is 7.04. The van der Waals surface area contributed by atoms with Crippen molar-refractivity contribution in [2.75, 3.05) is 19.6 Å². The van der Waals surface area contributed by atoms with Crippen LogP contribution >= 0.6 is 0 Å². The van der Waals surface area contributed by atoms with Crippen LogP contribution in [-0.2, 0) is 9.59 Å². The standard InChI is InChI=1S/C13H21N3O2/c17-12-6-11(13(18)15-12)16(10-3-4-10)8-9-2-1-5-14-7-9/h9-11,14H,1-8H2,(H,15,17,18). The van der Waals surface area contributed by atoms with Crippen LogP contribution in [0.5, 0.6) is 0 Å². The number of imide groups is 1. The molecule has 2 heterocycles. The van der Waals surface area contributed by atoms with E-state index in [1.807, 2.05) is 0 Å². The van der Waals surface area contributed by atoms with Crippen molar-refractivity contribution in [3.8, 4) is 0 Å². The number of hydrogen-bond acceptors (Lipinski definition) is 4. The maximum absolute atomic E-state index is 11.8. The molecule has 3 rings (SSSR count). The number of carbonyl (C=O) groups excluding carboxylic acids is 2. The Morgan fingerprint density at radius 2 is 2.06 bits per heavy atom. The van der Waals surface area contributed by atoms with Gasteiger partial charge in [-0.25, -0.2) is 0 Å². The van der Waals surface area contributed by atoms with Crippen LogP contribution in [0.15, 0.2) is 0 Å². The minimum atomic E-state index is -0.202. The fourth-order valence-electron chi connectivity index (χ4n) is 3.12.